The molecule has 0 bridgehead atoms. The van der Waals surface area contributed by atoms with Crippen LogP contribution in [-0.4, -0.2) is 54.7 Å². The number of amides is 3. The van der Waals surface area contributed by atoms with Crippen LogP contribution in [-0.2, 0) is 11.2 Å². The predicted octanol–water partition coefficient (Wildman–Crippen LogP) is 2.73. The van der Waals surface area contributed by atoms with Gasteiger partial charge in [0.05, 0.1) is 19.3 Å². The highest BCUT2D eigenvalue weighted by atomic mass is 16.5. The second-order valence-electron chi connectivity index (χ2n) is 7.87. The lowest BCUT2D eigenvalue weighted by Gasteiger charge is -2.32. The molecule has 2 N–H and O–H groups in total. The van der Waals surface area contributed by atoms with Crippen LogP contribution in [0.25, 0.3) is 0 Å². The molecule has 3 amide bonds. The van der Waals surface area contributed by atoms with Crippen LogP contribution in [0.2, 0.25) is 0 Å². The molecule has 1 atom stereocenters. The lowest BCUT2D eigenvalue weighted by atomic mass is 10.1. The van der Waals surface area contributed by atoms with Crippen LogP contribution < -0.4 is 20.1 Å². The molecule has 0 saturated carbocycles. The molecule has 156 valence electrons. The Bertz CT molecular complexity index is 685. The maximum atomic E-state index is 12.2. The van der Waals surface area contributed by atoms with E-state index in [1.165, 1.54) is 0 Å². The van der Waals surface area contributed by atoms with Crippen molar-refractivity contribution in [3.8, 4) is 11.5 Å². The van der Waals surface area contributed by atoms with E-state index in [-0.39, 0.29) is 23.5 Å². The zero-order valence-corrected chi connectivity index (χ0v) is 17.6. The molecule has 1 aromatic rings. The molecule has 7 heteroatoms. The number of ether oxygens (including phenoxy) is 2. The van der Waals surface area contributed by atoms with Crippen molar-refractivity contribution in [2.24, 2.45) is 0 Å². The molecule has 1 aliphatic heterocycles. The zero-order valence-electron chi connectivity index (χ0n) is 17.6. The predicted molar refractivity (Wildman–Crippen MR) is 109 cm³/mol. The van der Waals surface area contributed by atoms with Crippen LogP contribution in [0.15, 0.2) is 18.2 Å². The Kier molecular flexibility index (Phi) is 7.54. The van der Waals surface area contributed by atoms with Gasteiger partial charge in [-0.3, -0.25) is 4.79 Å². The summed E-state index contributed by atoms with van der Waals surface area (Å²) in [5.74, 6) is 1.53. The second kappa shape index (κ2) is 9.66. The van der Waals surface area contributed by atoms with Crippen LogP contribution in [0.5, 0.6) is 11.5 Å². The second-order valence-corrected chi connectivity index (χ2v) is 7.87. The molecule has 0 radical (unpaired) electrons. The Hall–Kier alpha value is -2.44. The number of carbonyl (C=O) groups is 2. The van der Waals surface area contributed by atoms with Gasteiger partial charge < -0.3 is 25.0 Å². The van der Waals surface area contributed by atoms with Gasteiger partial charge in [-0.1, -0.05) is 6.07 Å². The van der Waals surface area contributed by atoms with E-state index >= 15 is 0 Å². The average Bonchev–Trinajstić information content (AvgIpc) is 2.98. The number of urea groups is 1. The Labute approximate surface area is 167 Å². The molecule has 1 heterocycles. The highest BCUT2D eigenvalue weighted by Crippen LogP contribution is 2.28. The van der Waals surface area contributed by atoms with Crippen molar-refractivity contribution >= 4 is 11.9 Å². The molecule has 1 aromatic carbocycles. The van der Waals surface area contributed by atoms with Crippen molar-refractivity contribution in [2.75, 3.05) is 26.3 Å². The monoisotopic (exact) mass is 391 g/mol. The van der Waals surface area contributed by atoms with Crippen molar-refractivity contribution < 1.29 is 19.1 Å². The average molecular weight is 392 g/mol. The van der Waals surface area contributed by atoms with E-state index < -0.39 is 0 Å². The van der Waals surface area contributed by atoms with Gasteiger partial charge in [0.25, 0.3) is 0 Å². The standard InChI is InChI=1S/C21H33N3O4/c1-6-27-17-9-8-15(12-18(17)28-7-2)10-11-22-20(26)23-16-13-19(25)24(14-16)21(3,4)5/h8-9,12,16H,6-7,10-11,13-14H2,1-5H3,(H2,22,23,26). The van der Waals surface area contributed by atoms with Gasteiger partial charge in [-0.05, 0) is 58.7 Å². The first kappa shape index (κ1) is 21.9. The van der Waals surface area contributed by atoms with Crippen molar-refractivity contribution in [2.45, 2.75) is 59.0 Å². The molecular weight excluding hydrogens is 358 g/mol. The number of hydrogen-bond acceptors (Lipinski definition) is 4. The zero-order chi connectivity index (χ0) is 20.7. The van der Waals surface area contributed by atoms with Gasteiger partial charge in [0.1, 0.15) is 0 Å². The van der Waals surface area contributed by atoms with E-state index in [1.54, 1.807) is 0 Å². The van der Waals surface area contributed by atoms with Crippen molar-refractivity contribution in [3.63, 3.8) is 0 Å². The smallest absolute Gasteiger partial charge is 0.315 e. The fourth-order valence-corrected chi connectivity index (χ4v) is 3.26. The first-order chi connectivity index (χ1) is 13.2. The summed E-state index contributed by atoms with van der Waals surface area (Å²) in [4.78, 5) is 26.1. The van der Waals surface area contributed by atoms with E-state index in [2.05, 4.69) is 10.6 Å². The van der Waals surface area contributed by atoms with Gasteiger partial charge in [-0.15, -0.1) is 0 Å². The lowest BCUT2D eigenvalue weighted by molar-refractivity contribution is -0.131. The van der Waals surface area contributed by atoms with Crippen LogP contribution in [0.1, 0.15) is 46.6 Å². The molecule has 7 nitrogen and oxygen atoms in total. The minimum Gasteiger partial charge on any atom is -0.490 e. The Morgan fingerprint density at radius 1 is 1.18 bits per heavy atom. The number of benzene rings is 1. The van der Waals surface area contributed by atoms with Gasteiger partial charge in [-0.2, -0.15) is 0 Å². The summed E-state index contributed by atoms with van der Waals surface area (Å²) < 4.78 is 11.2. The summed E-state index contributed by atoms with van der Waals surface area (Å²) in [7, 11) is 0. The highest BCUT2D eigenvalue weighted by Gasteiger charge is 2.36. The minimum absolute atomic E-state index is 0.0793. The number of hydrogen-bond donors (Lipinski definition) is 2. The summed E-state index contributed by atoms with van der Waals surface area (Å²) in [6.45, 7) is 12.1. The van der Waals surface area contributed by atoms with Crippen molar-refractivity contribution in [3.05, 3.63) is 23.8 Å². The lowest BCUT2D eigenvalue weighted by Crippen LogP contribution is -2.46. The molecule has 1 saturated heterocycles. The summed E-state index contributed by atoms with van der Waals surface area (Å²) >= 11 is 0. The quantitative estimate of drug-likeness (QED) is 0.714. The van der Waals surface area contributed by atoms with Crippen LogP contribution in [0.3, 0.4) is 0 Å². The number of likely N-dealkylation sites (tertiary alicyclic amines) is 1. The van der Waals surface area contributed by atoms with E-state index in [0.717, 1.165) is 17.1 Å². The van der Waals surface area contributed by atoms with E-state index in [0.29, 0.717) is 39.1 Å². The molecule has 0 aromatic heterocycles. The number of nitrogens with one attached hydrogen (secondary N) is 2. The normalized spacial score (nSPS) is 16.8. The molecule has 1 fully saturated rings. The van der Waals surface area contributed by atoms with Crippen LogP contribution in [0, 0.1) is 0 Å². The summed E-state index contributed by atoms with van der Waals surface area (Å²) in [5, 5.41) is 5.76. The van der Waals surface area contributed by atoms with Crippen LogP contribution in [0.4, 0.5) is 4.79 Å². The number of rotatable bonds is 8. The summed E-state index contributed by atoms with van der Waals surface area (Å²) in [6.07, 6.45) is 1.03. The third-order valence-corrected chi connectivity index (χ3v) is 4.58. The molecule has 0 spiro atoms. The van der Waals surface area contributed by atoms with E-state index in [1.807, 2.05) is 57.7 Å². The largest absolute Gasteiger partial charge is 0.490 e. The third kappa shape index (κ3) is 6.04. The number of carbonyl (C=O) groups excluding carboxylic acids is 2. The van der Waals surface area contributed by atoms with Crippen molar-refractivity contribution in [1.82, 2.24) is 15.5 Å². The summed E-state index contributed by atoms with van der Waals surface area (Å²) in [5.41, 5.74) is 0.831. The fourth-order valence-electron chi connectivity index (χ4n) is 3.26. The SMILES string of the molecule is CCOc1ccc(CCNC(=O)NC2CC(=O)N(C(C)(C)C)C2)cc1OCC. The topological polar surface area (TPSA) is 79.9 Å². The molecule has 2 rings (SSSR count). The molecular formula is C21H33N3O4. The first-order valence-corrected chi connectivity index (χ1v) is 9.98. The Morgan fingerprint density at radius 2 is 1.86 bits per heavy atom. The molecule has 1 unspecified atom stereocenters. The van der Waals surface area contributed by atoms with Gasteiger partial charge in [0, 0.05) is 25.0 Å². The van der Waals surface area contributed by atoms with Crippen molar-refractivity contribution in [1.29, 1.82) is 0 Å². The Balaban J connectivity index is 1.81. The third-order valence-electron chi connectivity index (χ3n) is 4.58. The molecule has 1 aliphatic rings. The van der Waals surface area contributed by atoms with Gasteiger partial charge >= 0.3 is 6.03 Å². The number of nitrogens with zero attached hydrogens (tertiary/aromatic N) is 1. The highest BCUT2D eigenvalue weighted by molar-refractivity contribution is 5.82. The maximum Gasteiger partial charge on any atom is 0.315 e. The summed E-state index contributed by atoms with van der Waals surface area (Å²) in [6, 6.07) is 5.43. The Morgan fingerprint density at radius 3 is 2.46 bits per heavy atom. The van der Waals surface area contributed by atoms with Gasteiger partial charge in [-0.25, -0.2) is 4.79 Å². The van der Waals surface area contributed by atoms with Crippen LogP contribution >= 0.6 is 0 Å². The first-order valence-electron chi connectivity index (χ1n) is 9.98. The minimum atomic E-state index is -0.246. The van der Waals surface area contributed by atoms with Gasteiger partial charge in [0.15, 0.2) is 11.5 Å². The fraction of sp³-hybridized carbons (Fsp3) is 0.619. The van der Waals surface area contributed by atoms with E-state index in [9.17, 15) is 9.59 Å². The van der Waals surface area contributed by atoms with E-state index in [4.69, 9.17) is 9.47 Å². The van der Waals surface area contributed by atoms with Gasteiger partial charge in [0.2, 0.25) is 5.91 Å². The maximum absolute atomic E-state index is 12.2. The molecule has 0 aliphatic carbocycles. The molecule has 28 heavy (non-hydrogen) atoms.